The minimum absolute atomic E-state index is 0.523. The number of rotatable bonds is 5. The molecule has 2 heterocycles. The van der Waals surface area contributed by atoms with Gasteiger partial charge in [-0.2, -0.15) is 0 Å². The van der Waals surface area contributed by atoms with Gasteiger partial charge < -0.3 is 9.47 Å². The van der Waals surface area contributed by atoms with Crippen molar-refractivity contribution >= 4 is 11.3 Å². The molecule has 21 heavy (non-hydrogen) atoms. The van der Waals surface area contributed by atoms with Crippen molar-refractivity contribution in [3.63, 3.8) is 0 Å². The van der Waals surface area contributed by atoms with Gasteiger partial charge in [-0.15, -0.1) is 11.3 Å². The van der Waals surface area contributed by atoms with Crippen LogP contribution in [0.4, 0.5) is 0 Å². The second-order valence-electron chi connectivity index (χ2n) is 5.41. The highest BCUT2D eigenvalue weighted by Gasteiger charge is 2.26. The van der Waals surface area contributed by atoms with Crippen molar-refractivity contribution in [1.29, 1.82) is 0 Å². The van der Waals surface area contributed by atoms with E-state index >= 15 is 0 Å². The molecule has 0 saturated carbocycles. The minimum Gasteiger partial charge on any atom is -0.497 e. The van der Waals surface area contributed by atoms with Gasteiger partial charge in [0.1, 0.15) is 11.5 Å². The van der Waals surface area contributed by atoms with Crippen LogP contribution in [0.5, 0.6) is 11.5 Å². The Hall–Kier alpha value is -1.52. The zero-order chi connectivity index (χ0) is 14.7. The zero-order valence-corrected chi connectivity index (χ0v) is 13.4. The number of hydrogen-bond acceptors (Lipinski definition) is 4. The summed E-state index contributed by atoms with van der Waals surface area (Å²) in [7, 11) is 3.45. The maximum Gasteiger partial charge on any atom is 0.122 e. The first-order valence-corrected chi connectivity index (χ1v) is 8.15. The standard InChI is InChI=1S/C17H21NO2S/c1-19-14-5-6-17(20-2)16(10-14)13-7-8-18(11-13)12-15-4-3-9-21-15/h3-6,9-10,13H,7-8,11-12H2,1-2H3/t13-/m0/s1. The van der Waals surface area contributed by atoms with Crippen LogP contribution >= 0.6 is 11.3 Å². The molecule has 0 N–H and O–H groups in total. The van der Waals surface area contributed by atoms with E-state index in [1.54, 1.807) is 14.2 Å². The molecule has 3 rings (SSSR count). The average Bonchev–Trinajstić information content (AvgIpc) is 3.19. The molecule has 1 aromatic heterocycles. The third-order valence-corrected chi connectivity index (χ3v) is 4.97. The number of thiophene rings is 1. The molecule has 0 spiro atoms. The third-order valence-electron chi connectivity index (χ3n) is 4.11. The predicted octanol–water partition coefficient (Wildman–Crippen LogP) is 3.75. The summed E-state index contributed by atoms with van der Waals surface area (Å²) in [5.74, 6) is 2.40. The molecule has 2 aromatic rings. The highest BCUT2D eigenvalue weighted by Crippen LogP contribution is 2.36. The van der Waals surface area contributed by atoms with E-state index in [0.717, 1.165) is 31.1 Å². The lowest BCUT2D eigenvalue weighted by atomic mass is 9.97. The Bertz CT molecular complexity index is 582. The van der Waals surface area contributed by atoms with E-state index in [9.17, 15) is 0 Å². The van der Waals surface area contributed by atoms with E-state index in [2.05, 4.69) is 28.5 Å². The number of nitrogens with zero attached hydrogens (tertiary/aromatic N) is 1. The van der Waals surface area contributed by atoms with Crippen molar-refractivity contribution in [2.24, 2.45) is 0 Å². The van der Waals surface area contributed by atoms with Crippen molar-refractivity contribution in [2.45, 2.75) is 18.9 Å². The third kappa shape index (κ3) is 3.22. The van der Waals surface area contributed by atoms with Gasteiger partial charge in [-0.3, -0.25) is 4.90 Å². The molecule has 0 unspecified atom stereocenters. The van der Waals surface area contributed by atoms with Crippen molar-refractivity contribution in [1.82, 2.24) is 4.90 Å². The summed E-state index contributed by atoms with van der Waals surface area (Å²) in [6.07, 6.45) is 1.18. The lowest BCUT2D eigenvalue weighted by Gasteiger charge is -2.17. The fourth-order valence-corrected chi connectivity index (χ4v) is 3.76. The van der Waals surface area contributed by atoms with Gasteiger partial charge in [-0.25, -0.2) is 0 Å². The largest absolute Gasteiger partial charge is 0.497 e. The smallest absolute Gasteiger partial charge is 0.122 e. The van der Waals surface area contributed by atoms with Crippen LogP contribution in [0, 0.1) is 0 Å². The van der Waals surface area contributed by atoms with Crippen molar-refractivity contribution in [2.75, 3.05) is 27.3 Å². The molecule has 112 valence electrons. The Labute approximate surface area is 130 Å². The predicted molar refractivity (Wildman–Crippen MR) is 86.5 cm³/mol. The molecule has 1 atom stereocenters. The van der Waals surface area contributed by atoms with Gasteiger partial charge in [-0.1, -0.05) is 6.07 Å². The molecule has 0 bridgehead atoms. The fraction of sp³-hybridized carbons (Fsp3) is 0.412. The lowest BCUT2D eigenvalue weighted by molar-refractivity contribution is 0.328. The molecule has 0 aliphatic carbocycles. The van der Waals surface area contributed by atoms with E-state index < -0.39 is 0 Å². The van der Waals surface area contributed by atoms with Crippen molar-refractivity contribution < 1.29 is 9.47 Å². The molecule has 3 nitrogen and oxygen atoms in total. The SMILES string of the molecule is COc1ccc(OC)c([C@H]2CCN(Cc3cccs3)C2)c1. The van der Waals surface area contributed by atoms with Crippen LogP contribution in [-0.2, 0) is 6.54 Å². The van der Waals surface area contributed by atoms with Gasteiger partial charge in [0.15, 0.2) is 0 Å². The second-order valence-corrected chi connectivity index (χ2v) is 6.44. The average molecular weight is 303 g/mol. The number of methoxy groups -OCH3 is 2. The van der Waals surface area contributed by atoms with E-state index in [4.69, 9.17) is 9.47 Å². The summed E-state index contributed by atoms with van der Waals surface area (Å²) >= 11 is 1.83. The molecule has 1 aliphatic rings. The molecular weight excluding hydrogens is 282 g/mol. The van der Waals surface area contributed by atoms with Crippen LogP contribution in [0.2, 0.25) is 0 Å². The molecule has 0 amide bonds. The van der Waals surface area contributed by atoms with Crippen LogP contribution in [0.1, 0.15) is 22.8 Å². The molecule has 1 saturated heterocycles. The number of ether oxygens (including phenoxy) is 2. The Morgan fingerprint density at radius 3 is 2.86 bits per heavy atom. The number of hydrogen-bond donors (Lipinski definition) is 0. The first-order valence-electron chi connectivity index (χ1n) is 7.27. The van der Waals surface area contributed by atoms with E-state index in [-0.39, 0.29) is 0 Å². The molecule has 0 radical (unpaired) electrons. The first kappa shape index (κ1) is 14.4. The molecule has 4 heteroatoms. The Morgan fingerprint density at radius 1 is 1.24 bits per heavy atom. The summed E-state index contributed by atoms with van der Waals surface area (Å²) < 4.78 is 10.9. The second kappa shape index (κ2) is 6.50. The summed E-state index contributed by atoms with van der Waals surface area (Å²) in [5.41, 5.74) is 1.27. The van der Waals surface area contributed by atoms with Crippen LogP contribution in [-0.4, -0.2) is 32.2 Å². The monoisotopic (exact) mass is 303 g/mol. The maximum absolute atomic E-state index is 5.53. The topological polar surface area (TPSA) is 21.7 Å². The van der Waals surface area contributed by atoms with Crippen molar-refractivity contribution in [3.05, 3.63) is 46.2 Å². The lowest BCUT2D eigenvalue weighted by Crippen LogP contribution is -2.19. The van der Waals surface area contributed by atoms with Crippen LogP contribution in [0.15, 0.2) is 35.7 Å². The quantitative estimate of drug-likeness (QED) is 0.839. The van der Waals surface area contributed by atoms with Crippen molar-refractivity contribution in [3.8, 4) is 11.5 Å². The van der Waals surface area contributed by atoms with Gasteiger partial charge in [-0.05, 0) is 42.6 Å². The maximum atomic E-state index is 5.53. The van der Waals surface area contributed by atoms with Crippen LogP contribution in [0.25, 0.3) is 0 Å². The van der Waals surface area contributed by atoms with Gasteiger partial charge in [0, 0.05) is 29.4 Å². The molecular formula is C17H21NO2S. The normalized spacial score (nSPS) is 18.9. The molecule has 1 aliphatic heterocycles. The van der Waals surface area contributed by atoms with Crippen LogP contribution < -0.4 is 9.47 Å². The summed E-state index contributed by atoms with van der Waals surface area (Å²) in [6.45, 7) is 3.28. The van der Waals surface area contributed by atoms with Gasteiger partial charge >= 0.3 is 0 Å². The summed E-state index contributed by atoms with van der Waals surface area (Å²) in [4.78, 5) is 3.96. The first-order chi connectivity index (χ1) is 10.3. The summed E-state index contributed by atoms with van der Waals surface area (Å²) in [6, 6.07) is 10.4. The van der Waals surface area contributed by atoms with E-state index in [1.165, 1.54) is 16.9 Å². The fourth-order valence-electron chi connectivity index (χ4n) is 3.01. The zero-order valence-electron chi connectivity index (χ0n) is 12.5. The molecule has 1 aromatic carbocycles. The number of likely N-dealkylation sites (tertiary alicyclic amines) is 1. The van der Waals surface area contributed by atoms with E-state index in [1.807, 2.05) is 23.5 Å². The van der Waals surface area contributed by atoms with E-state index in [0.29, 0.717) is 5.92 Å². The minimum atomic E-state index is 0.523. The highest BCUT2D eigenvalue weighted by atomic mass is 32.1. The van der Waals surface area contributed by atoms with Gasteiger partial charge in [0.05, 0.1) is 14.2 Å². The van der Waals surface area contributed by atoms with Gasteiger partial charge in [0.25, 0.3) is 0 Å². The Morgan fingerprint density at radius 2 is 2.14 bits per heavy atom. The van der Waals surface area contributed by atoms with Crippen LogP contribution in [0.3, 0.4) is 0 Å². The number of benzene rings is 1. The Balaban J connectivity index is 1.73. The highest BCUT2D eigenvalue weighted by molar-refractivity contribution is 7.09. The van der Waals surface area contributed by atoms with Gasteiger partial charge in [0.2, 0.25) is 0 Å². The Kier molecular flexibility index (Phi) is 4.46. The summed E-state index contributed by atoms with van der Waals surface area (Å²) in [5, 5.41) is 2.15. The molecule has 1 fully saturated rings.